The predicted molar refractivity (Wildman–Crippen MR) is 92.0 cm³/mol. The molecule has 2 aliphatic heterocycles. The molecule has 0 unspecified atom stereocenters. The van der Waals surface area contributed by atoms with E-state index >= 15 is 0 Å². The first-order valence-electron chi connectivity index (χ1n) is 8.73. The third kappa shape index (κ3) is 2.96. The first kappa shape index (κ1) is 15.4. The van der Waals surface area contributed by atoms with Crippen LogP contribution in [0.2, 0.25) is 0 Å². The number of imidazole rings is 1. The van der Waals surface area contributed by atoms with Gasteiger partial charge in [-0.2, -0.15) is 0 Å². The quantitative estimate of drug-likeness (QED) is 0.813. The molecule has 0 saturated carbocycles. The van der Waals surface area contributed by atoms with Crippen molar-refractivity contribution in [2.45, 2.75) is 12.8 Å². The lowest BCUT2D eigenvalue weighted by Gasteiger charge is -2.38. The summed E-state index contributed by atoms with van der Waals surface area (Å²) in [6, 6.07) is 3.99. The summed E-state index contributed by atoms with van der Waals surface area (Å²) in [6.07, 6.45) is 5.77. The molecular formula is C17H24N6O. The number of piperazine rings is 1. The summed E-state index contributed by atoms with van der Waals surface area (Å²) in [6.45, 7) is 5.24. The van der Waals surface area contributed by atoms with Crippen molar-refractivity contribution in [1.82, 2.24) is 24.4 Å². The Morgan fingerprint density at radius 2 is 2.00 bits per heavy atom. The van der Waals surface area contributed by atoms with Crippen molar-refractivity contribution in [3.8, 4) is 0 Å². The maximum absolute atomic E-state index is 12.7. The molecule has 0 aliphatic carbocycles. The molecule has 2 fully saturated rings. The predicted octanol–water partition coefficient (Wildman–Crippen LogP) is 0.720. The standard InChI is InChI=1S/C17H24N6O/c1-20-7-2-3-14(13-20)17(24)22-11-9-21(10-12-22)16-5-4-15-18-6-8-23(15)19-16/h4-6,8,14H,2-3,7,9-13H2,1H3/t14-/m1/s1. The van der Waals surface area contributed by atoms with E-state index in [-0.39, 0.29) is 5.92 Å². The molecule has 7 heteroatoms. The number of nitrogens with zero attached hydrogens (tertiary/aromatic N) is 6. The van der Waals surface area contributed by atoms with E-state index in [1.807, 2.05) is 23.2 Å². The molecule has 1 amide bonds. The van der Waals surface area contributed by atoms with Crippen molar-refractivity contribution in [2.24, 2.45) is 5.92 Å². The van der Waals surface area contributed by atoms with Gasteiger partial charge in [0.2, 0.25) is 5.91 Å². The number of anilines is 1. The zero-order valence-corrected chi connectivity index (χ0v) is 14.1. The van der Waals surface area contributed by atoms with Crippen LogP contribution in [-0.2, 0) is 4.79 Å². The first-order valence-corrected chi connectivity index (χ1v) is 8.73. The molecule has 2 saturated heterocycles. The van der Waals surface area contributed by atoms with Gasteiger partial charge < -0.3 is 14.7 Å². The van der Waals surface area contributed by atoms with Crippen LogP contribution in [0.4, 0.5) is 5.82 Å². The molecule has 0 radical (unpaired) electrons. The fourth-order valence-electron chi connectivity index (χ4n) is 3.76. The van der Waals surface area contributed by atoms with E-state index < -0.39 is 0 Å². The van der Waals surface area contributed by atoms with Crippen molar-refractivity contribution in [1.29, 1.82) is 0 Å². The molecule has 0 bridgehead atoms. The van der Waals surface area contributed by atoms with Gasteiger partial charge in [-0.15, -0.1) is 5.10 Å². The molecule has 24 heavy (non-hydrogen) atoms. The summed E-state index contributed by atoms with van der Waals surface area (Å²) in [5.74, 6) is 1.46. The van der Waals surface area contributed by atoms with Crippen LogP contribution >= 0.6 is 0 Å². The number of fused-ring (bicyclic) bond motifs is 1. The number of carbonyl (C=O) groups is 1. The van der Waals surface area contributed by atoms with Crippen LogP contribution in [0.25, 0.3) is 5.65 Å². The van der Waals surface area contributed by atoms with E-state index in [1.165, 1.54) is 0 Å². The number of hydrogen-bond donors (Lipinski definition) is 0. The smallest absolute Gasteiger partial charge is 0.227 e. The van der Waals surface area contributed by atoms with Crippen molar-refractivity contribution in [3.05, 3.63) is 24.5 Å². The van der Waals surface area contributed by atoms with Gasteiger partial charge in [0.05, 0.1) is 5.92 Å². The Kier molecular flexibility index (Phi) is 4.10. The van der Waals surface area contributed by atoms with Gasteiger partial charge in [0, 0.05) is 45.1 Å². The highest BCUT2D eigenvalue weighted by molar-refractivity contribution is 5.79. The van der Waals surface area contributed by atoms with Crippen LogP contribution in [0.3, 0.4) is 0 Å². The molecular weight excluding hydrogens is 304 g/mol. The van der Waals surface area contributed by atoms with Crippen molar-refractivity contribution >= 4 is 17.4 Å². The molecule has 2 aliphatic rings. The topological polar surface area (TPSA) is 57.0 Å². The third-order valence-electron chi connectivity index (χ3n) is 5.13. The van der Waals surface area contributed by atoms with E-state index in [4.69, 9.17) is 0 Å². The second-order valence-corrected chi connectivity index (χ2v) is 6.84. The summed E-state index contributed by atoms with van der Waals surface area (Å²) in [7, 11) is 2.11. The number of carbonyl (C=O) groups excluding carboxylic acids is 1. The molecule has 0 N–H and O–H groups in total. The Hall–Kier alpha value is -2.15. The summed E-state index contributed by atoms with van der Waals surface area (Å²) in [5.41, 5.74) is 0.856. The van der Waals surface area contributed by atoms with Gasteiger partial charge in [0.1, 0.15) is 5.82 Å². The van der Waals surface area contributed by atoms with Crippen LogP contribution in [-0.4, -0.2) is 76.6 Å². The Morgan fingerprint density at radius 1 is 1.17 bits per heavy atom. The number of likely N-dealkylation sites (tertiary alicyclic amines) is 1. The Balaban J connectivity index is 1.38. The van der Waals surface area contributed by atoms with Gasteiger partial charge in [0.15, 0.2) is 5.65 Å². The van der Waals surface area contributed by atoms with Crippen LogP contribution < -0.4 is 4.90 Å². The zero-order valence-electron chi connectivity index (χ0n) is 14.1. The maximum atomic E-state index is 12.7. The fourth-order valence-corrected chi connectivity index (χ4v) is 3.76. The SMILES string of the molecule is CN1CCC[C@@H](C(=O)N2CCN(c3ccc4nccn4n3)CC2)C1. The second-order valence-electron chi connectivity index (χ2n) is 6.84. The number of aromatic nitrogens is 3. The minimum absolute atomic E-state index is 0.177. The lowest BCUT2D eigenvalue weighted by Crippen LogP contribution is -2.52. The van der Waals surface area contributed by atoms with Crippen LogP contribution in [0, 0.1) is 5.92 Å². The first-order chi connectivity index (χ1) is 11.7. The largest absolute Gasteiger partial charge is 0.352 e. The van der Waals surface area contributed by atoms with Gasteiger partial charge in [-0.05, 0) is 38.6 Å². The van der Waals surface area contributed by atoms with Gasteiger partial charge in [-0.1, -0.05) is 0 Å². The lowest BCUT2D eigenvalue weighted by atomic mass is 9.96. The summed E-state index contributed by atoms with van der Waals surface area (Å²) < 4.78 is 1.80. The zero-order chi connectivity index (χ0) is 16.5. The Bertz CT molecular complexity index is 721. The monoisotopic (exact) mass is 328 g/mol. The van der Waals surface area contributed by atoms with E-state index in [1.54, 1.807) is 10.7 Å². The minimum atomic E-state index is 0.177. The average Bonchev–Trinajstić information content (AvgIpc) is 3.09. The van der Waals surface area contributed by atoms with Gasteiger partial charge in [-0.25, -0.2) is 9.50 Å². The van der Waals surface area contributed by atoms with E-state index in [9.17, 15) is 4.79 Å². The van der Waals surface area contributed by atoms with Crippen LogP contribution in [0.15, 0.2) is 24.5 Å². The molecule has 4 rings (SSSR count). The highest BCUT2D eigenvalue weighted by Crippen LogP contribution is 2.20. The second kappa shape index (κ2) is 6.39. The number of amides is 1. The molecule has 7 nitrogen and oxygen atoms in total. The van der Waals surface area contributed by atoms with E-state index in [2.05, 4.69) is 26.9 Å². The van der Waals surface area contributed by atoms with E-state index in [0.29, 0.717) is 5.91 Å². The highest BCUT2D eigenvalue weighted by atomic mass is 16.2. The maximum Gasteiger partial charge on any atom is 0.227 e. The minimum Gasteiger partial charge on any atom is -0.352 e. The average molecular weight is 328 g/mol. The van der Waals surface area contributed by atoms with Crippen molar-refractivity contribution < 1.29 is 4.79 Å². The molecule has 0 aromatic carbocycles. The summed E-state index contributed by atoms with van der Waals surface area (Å²) in [4.78, 5) is 23.5. The molecule has 2 aromatic heterocycles. The Labute approximate surface area is 141 Å². The number of rotatable bonds is 2. The molecule has 4 heterocycles. The molecule has 1 atom stereocenters. The van der Waals surface area contributed by atoms with Crippen molar-refractivity contribution in [3.63, 3.8) is 0 Å². The lowest BCUT2D eigenvalue weighted by molar-refractivity contribution is -0.137. The summed E-state index contributed by atoms with van der Waals surface area (Å²) >= 11 is 0. The Morgan fingerprint density at radius 3 is 2.79 bits per heavy atom. The number of piperidine rings is 1. The van der Waals surface area contributed by atoms with Crippen LogP contribution in [0.1, 0.15) is 12.8 Å². The third-order valence-corrected chi connectivity index (χ3v) is 5.13. The molecule has 128 valence electrons. The molecule has 0 spiro atoms. The van der Waals surface area contributed by atoms with Gasteiger partial charge in [0.25, 0.3) is 0 Å². The summed E-state index contributed by atoms with van der Waals surface area (Å²) in [5, 5.41) is 4.60. The van der Waals surface area contributed by atoms with E-state index in [0.717, 1.165) is 63.6 Å². The van der Waals surface area contributed by atoms with Gasteiger partial charge in [-0.3, -0.25) is 4.79 Å². The van der Waals surface area contributed by atoms with Crippen molar-refractivity contribution in [2.75, 3.05) is 51.2 Å². The number of hydrogen-bond acceptors (Lipinski definition) is 5. The van der Waals surface area contributed by atoms with Gasteiger partial charge >= 0.3 is 0 Å². The normalized spacial score (nSPS) is 23.0. The fraction of sp³-hybridized carbons (Fsp3) is 0.588. The molecule has 2 aromatic rings. The van der Waals surface area contributed by atoms with Crippen LogP contribution in [0.5, 0.6) is 0 Å². The highest BCUT2D eigenvalue weighted by Gasteiger charge is 2.30.